The Balaban J connectivity index is 2.08. The summed E-state index contributed by atoms with van der Waals surface area (Å²) in [6, 6.07) is 5.27. The number of anilines is 1. The molecule has 0 spiro atoms. The monoisotopic (exact) mass is 291 g/mol. The molecule has 1 fully saturated rings. The van der Waals surface area contributed by atoms with E-state index in [-0.39, 0.29) is 18.0 Å². The van der Waals surface area contributed by atoms with Crippen molar-refractivity contribution in [3.8, 4) is 5.75 Å². The molecule has 0 unspecified atom stereocenters. The molecular weight excluding hydrogens is 270 g/mol. The van der Waals surface area contributed by atoms with E-state index in [2.05, 4.69) is 10.6 Å². The number of urea groups is 1. The molecule has 1 aromatic carbocycles. The van der Waals surface area contributed by atoms with Gasteiger partial charge in [0.2, 0.25) is 5.91 Å². The summed E-state index contributed by atoms with van der Waals surface area (Å²) in [5.74, 6) is 0.737. The Morgan fingerprint density at radius 2 is 2.24 bits per heavy atom. The Labute approximate surface area is 124 Å². The summed E-state index contributed by atoms with van der Waals surface area (Å²) in [4.78, 5) is 25.5. The average molecular weight is 291 g/mol. The van der Waals surface area contributed by atoms with Crippen LogP contribution < -0.4 is 15.4 Å². The van der Waals surface area contributed by atoms with Gasteiger partial charge < -0.3 is 20.3 Å². The lowest BCUT2D eigenvalue weighted by molar-refractivity contribution is -0.120. The molecule has 1 aromatic rings. The van der Waals surface area contributed by atoms with E-state index in [1.807, 2.05) is 26.0 Å². The molecule has 0 saturated carbocycles. The summed E-state index contributed by atoms with van der Waals surface area (Å²) < 4.78 is 5.15. The third-order valence-electron chi connectivity index (χ3n) is 3.64. The average Bonchev–Trinajstić information content (AvgIpc) is 2.63. The van der Waals surface area contributed by atoms with Crippen molar-refractivity contribution in [2.24, 2.45) is 0 Å². The van der Waals surface area contributed by atoms with E-state index in [1.165, 1.54) is 0 Å². The summed E-state index contributed by atoms with van der Waals surface area (Å²) in [6.45, 7) is 4.74. The van der Waals surface area contributed by atoms with Crippen molar-refractivity contribution in [3.63, 3.8) is 0 Å². The minimum Gasteiger partial charge on any atom is -0.497 e. The second kappa shape index (κ2) is 6.47. The Morgan fingerprint density at radius 1 is 1.48 bits per heavy atom. The SMILES string of the molecule is COc1ccc(NC(=O)N2CCC(=O)NC[C@@H]2C)c(C)c1. The van der Waals surface area contributed by atoms with Crippen molar-refractivity contribution < 1.29 is 14.3 Å². The Bertz CT molecular complexity index is 545. The van der Waals surface area contributed by atoms with Gasteiger partial charge in [0.15, 0.2) is 0 Å². The summed E-state index contributed by atoms with van der Waals surface area (Å²) in [7, 11) is 1.61. The molecule has 0 radical (unpaired) electrons. The fourth-order valence-corrected chi connectivity index (χ4v) is 2.29. The summed E-state index contributed by atoms with van der Waals surface area (Å²) in [5.41, 5.74) is 1.68. The predicted molar refractivity (Wildman–Crippen MR) is 80.5 cm³/mol. The van der Waals surface area contributed by atoms with Gasteiger partial charge in [0, 0.05) is 31.2 Å². The Hall–Kier alpha value is -2.24. The molecule has 6 nitrogen and oxygen atoms in total. The second-order valence-corrected chi connectivity index (χ2v) is 5.21. The highest BCUT2D eigenvalue weighted by molar-refractivity contribution is 5.91. The minimum atomic E-state index is -0.188. The van der Waals surface area contributed by atoms with Crippen LogP contribution in [0.15, 0.2) is 18.2 Å². The summed E-state index contributed by atoms with van der Waals surface area (Å²) in [5, 5.41) is 5.69. The van der Waals surface area contributed by atoms with Gasteiger partial charge in [-0.25, -0.2) is 4.79 Å². The molecule has 0 aliphatic carbocycles. The first-order valence-corrected chi connectivity index (χ1v) is 7.00. The number of methoxy groups -OCH3 is 1. The highest BCUT2D eigenvalue weighted by Crippen LogP contribution is 2.21. The van der Waals surface area contributed by atoms with Crippen LogP contribution in [0.2, 0.25) is 0 Å². The molecule has 3 amide bonds. The van der Waals surface area contributed by atoms with Gasteiger partial charge in [-0.05, 0) is 37.6 Å². The first kappa shape index (κ1) is 15.2. The number of hydrogen-bond acceptors (Lipinski definition) is 3. The van der Waals surface area contributed by atoms with Gasteiger partial charge in [-0.2, -0.15) is 0 Å². The fourth-order valence-electron chi connectivity index (χ4n) is 2.29. The van der Waals surface area contributed by atoms with Crippen molar-refractivity contribution in [2.45, 2.75) is 26.3 Å². The number of carbonyl (C=O) groups excluding carboxylic acids is 2. The molecule has 21 heavy (non-hydrogen) atoms. The first-order valence-electron chi connectivity index (χ1n) is 7.00. The van der Waals surface area contributed by atoms with Crippen LogP contribution in [0.25, 0.3) is 0 Å². The van der Waals surface area contributed by atoms with Gasteiger partial charge in [-0.15, -0.1) is 0 Å². The highest BCUT2D eigenvalue weighted by Gasteiger charge is 2.24. The molecule has 1 aliphatic rings. The van der Waals surface area contributed by atoms with Crippen LogP contribution in [-0.4, -0.2) is 43.1 Å². The number of carbonyl (C=O) groups is 2. The fraction of sp³-hybridized carbons (Fsp3) is 0.467. The highest BCUT2D eigenvalue weighted by atomic mass is 16.5. The zero-order valence-electron chi connectivity index (χ0n) is 12.6. The van der Waals surface area contributed by atoms with Gasteiger partial charge in [0.25, 0.3) is 0 Å². The molecule has 1 aliphatic heterocycles. The molecule has 0 aromatic heterocycles. The van der Waals surface area contributed by atoms with Crippen LogP contribution in [0.4, 0.5) is 10.5 Å². The van der Waals surface area contributed by atoms with E-state index in [1.54, 1.807) is 18.1 Å². The van der Waals surface area contributed by atoms with Crippen molar-refractivity contribution in [3.05, 3.63) is 23.8 Å². The number of ether oxygens (including phenoxy) is 1. The Kier molecular flexibility index (Phi) is 4.67. The summed E-state index contributed by atoms with van der Waals surface area (Å²) in [6.07, 6.45) is 0.333. The van der Waals surface area contributed by atoms with Gasteiger partial charge in [-0.1, -0.05) is 0 Å². The lowest BCUT2D eigenvalue weighted by Gasteiger charge is -2.27. The van der Waals surface area contributed by atoms with Gasteiger partial charge in [0.1, 0.15) is 5.75 Å². The lowest BCUT2D eigenvalue weighted by atomic mass is 10.2. The third-order valence-corrected chi connectivity index (χ3v) is 3.64. The van der Waals surface area contributed by atoms with Gasteiger partial charge >= 0.3 is 6.03 Å². The van der Waals surface area contributed by atoms with Gasteiger partial charge in [0.05, 0.1) is 7.11 Å². The Morgan fingerprint density at radius 3 is 2.90 bits per heavy atom. The maximum atomic E-state index is 12.4. The number of amides is 3. The zero-order chi connectivity index (χ0) is 15.4. The maximum Gasteiger partial charge on any atom is 0.322 e. The molecule has 2 N–H and O–H groups in total. The van der Waals surface area contributed by atoms with Crippen LogP contribution in [0, 0.1) is 6.92 Å². The molecule has 1 atom stereocenters. The van der Waals surface area contributed by atoms with E-state index in [4.69, 9.17) is 4.74 Å². The molecule has 1 saturated heterocycles. The largest absolute Gasteiger partial charge is 0.497 e. The van der Waals surface area contributed by atoms with E-state index >= 15 is 0 Å². The minimum absolute atomic E-state index is 0.0159. The molecule has 6 heteroatoms. The summed E-state index contributed by atoms with van der Waals surface area (Å²) >= 11 is 0. The number of rotatable bonds is 2. The standard InChI is InChI=1S/C15H21N3O3/c1-10-8-12(21-3)4-5-13(10)17-15(20)18-7-6-14(19)16-9-11(18)2/h4-5,8,11H,6-7,9H2,1-3H3,(H,16,19)(H,17,20)/t11-/m0/s1. The number of nitrogens with zero attached hydrogens (tertiary/aromatic N) is 1. The number of hydrogen-bond donors (Lipinski definition) is 2. The predicted octanol–water partition coefficient (Wildman–Crippen LogP) is 1.75. The van der Waals surface area contributed by atoms with Crippen LogP contribution in [-0.2, 0) is 4.79 Å². The van der Waals surface area contributed by atoms with Crippen LogP contribution in [0.3, 0.4) is 0 Å². The van der Waals surface area contributed by atoms with E-state index in [0.717, 1.165) is 17.0 Å². The van der Waals surface area contributed by atoms with Crippen LogP contribution >= 0.6 is 0 Å². The maximum absolute atomic E-state index is 12.4. The van der Waals surface area contributed by atoms with Crippen molar-refractivity contribution in [1.82, 2.24) is 10.2 Å². The number of aryl methyl sites for hydroxylation is 1. The molecule has 2 rings (SSSR count). The smallest absolute Gasteiger partial charge is 0.322 e. The number of benzene rings is 1. The van der Waals surface area contributed by atoms with Gasteiger partial charge in [-0.3, -0.25) is 4.79 Å². The second-order valence-electron chi connectivity index (χ2n) is 5.21. The third kappa shape index (κ3) is 3.65. The molecule has 1 heterocycles. The molecule has 114 valence electrons. The quantitative estimate of drug-likeness (QED) is 0.872. The molecule has 0 bridgehead atoms. The van der Waals surface area contributed by atoms with Crippen molar-refractivity contribution in [1.29, 1.82) is 0 Å². The van der Waals surface area contributed by atoms with E-state index in [9.17, 15) is 9.59 Å². The van der Waals surface area contributed by atoms with Crippen LogP contribution in [0.1, 0.15) is 18.9 Å². The topological polar surface area (TPSA) is 70.7 Å². The van der Waals surface area contributed by atoms with Crippen LogP contribution in [0.5, 0.6) is 5.75 Å². The molecular formula is C15H21N3O3. The number of nitrogens with one attached hydrogen (secondary N) is 2. The zero-order valence-corrected chi connectivity index (χ0v) is 12.6. The lowest BCUT2D eigenvalue weighted by Crippen LogP contribution is -2.44. The van der Waals surface area contributed by atoms with E-state index < -0.39 is 0 Å². The van der Waals surface area contributed by atoms with E-state index in [0.29, 0.717) is 19.5 Å². The van der Waals surface area contributed by atoms with Crippen molar-refractivity contribution in [2.75, 3.05) is 25.5 Å². The van der Waals surface area contributed by atoms with Crippen molar-refractivity contribution >= 4 is 17.6 Å². The normalized spacial score (nSPS) is 18.7. The first-order chi connectivity index (χ1) is 10.0.